The lowest BCUT2D eigenvalue weighted by molar-refractivity contribution is 0.181. The maximum atomic E-state index is 5.88. The Bertz CT molecular complexity index is 472. The molecule has 1 heterocycles. The van der Waals surface area contributed by atoms with E-state index < -0.39 is 0 Å². The van der Waals surface area contributed by atoms with Gasteiger partial charge < -0.3 is 19.7 Å². The third-order valence-electron chi connectivity index (χ3n) is 3.83. The predicted octanol–water partition coefficient (Wildman–Crippen LogP) is 2.39. The minimum absolute atomic E-state index is 0.0364. The highest BCUT2D eigenvalue weighted by Gasteiger charge is 2.19. The Hall–Kier alpha value is -1.75. The largest absolute Gasteiger partial charge is 0.489 e. The maximum absolute atomic E-state index is 5.88. The molecule has 1 fully saturated rings. The predicted molar refractivity (Wildman–Crippen MR) is 94.1 cm³/mol. The van der Waals surface area contributed by atoms with Crippen LogP contribution in [0.25, 0.3) is 0 Å². The van der Waals surface area contributed by atoms with Crippen LogP contribution in [-0.2, 0) is 4.74 Å². The zero-order valence-electron chi connectivity index (χ0n) is 14.5. The van der Waals surface area contributed by atoms with Crippen LogP contribution >= 0.6 is 0 Å². The first-order valence-corrected chi connectivity index (χ1v) is 8.48. The summed E-state index contributed by atoms with van der Waals surface area (Å²) in [5.74, 6) is 2.42. The molecular formula is C18H29N3O2. The van der Waals surface area contributed by atoms with Crippen molar-refractivity contribution in [2.24, 2.45) is 10.9 Å². The molecule has 5 nitrogen and oxygen atoms in total. The number of nitrogens with one attached hydrogen (secondary N) is 1. The summed E-state index contributed by atoms with van der Waals surface area (Å²) in [5, 5.41) is 3.36. The fraction of sp³-hybridized carbons (Fsp3) is 0.611. The molecule has 0 bridgehead atoms. The Kier molecular flexibility index (Phi) is 7.20. The number of hydrogen-bond acceptors (Lipinski definition) is 3. The summed E-state index contributed by atoms with van der Waals surface area (Å²) in [6.45, 7) is 8.34. The number of nitrogens with zero attached hydrogens (tertiary/aromatic N) is 2. The molecule has 128 valence electrons. The topological polar surface area (TPSA) is 46.1 Å². The summed E-state index contributed by atoms with van der Waals surface area (Å²) in [7, 11) is 2.09. The molecule has 0 amide bonds. The molecule has 1 aromatic carbocycles. The van der Waals surface area contributed by atoms with Gasteiger partial charge in [-0.25, -0.2) is 4.99 Å². The van der Waals surface area contributed by atoms with E-state index in [-0.39, 0.29) is 6.10 Å². The highest BCUT2D eigenvalue weighted by molar-refractivity contribution is 5.79. The van der Waals surface area contributed by atoms with Crippen molar-refractivity contribution >= 4 is 5.96 Å². The van der Waals surface area contributed by atoms with Crippen LogP contribution in [0.5, 0.6) is 5.75 Å². The van der Waals surface area contributed by atoms with Crippen LogP contribution in [0.2, 0.25) is 0 Å². The van der Waals surface area contributed by atoms with Gasteiger partial charge in [0.25, 0.3) is 0 Å². The van der Waals surface area contributed by atoms with Gasteiger partial charge in [-0.3, -0.25) is 0 Å². The van der Waals surface area contributed by atoms with Gasteiger partial charge in [0.2, 0.25) is 0 Å². The Balaban J connectivity index is 1.86. The van der Waals surface area contributed by atoms with Crippen molar-refractivity contribution in [1.82, 2.24) is 10.2 Å². The van der Waals surface area contributed by atoms with E-state index in [1.54, 1.807) is 0 Å². The molecule has 0 radical (unpaired) electrons. The van der Waals surface area contributed by atoms with Gasteiger partial charge in [-0.2, -0.15) is 0 Å². The number of guanidine groups is 1. The van der Waals surface area contributed by atoms with Crippen molar-refractivity contribution in [2.45, 2.75) is 26.4 Å². The van der Waals surface area contributed by atoms with E-state index >= 15 is 0 Å². The number of ether oxygens (including phenoxy) is 2. The molecule has 1 aromatic rings. The van der Waals surface area contributed by atoms with E-state index in [2.05, 4.69) is 24.2 Å². The summed E-state index contributed by atoms with van der Waals surface area (Å²) in [4.78, 5) is 6.91. The van der Waals surface area contributed by atoms with Crippen molar-refractivity contribution in [3.63, 3.8) is 0 Å². The van der Waals surface area contributed by atoms with Crippen LogP contribution in [0.3, 0.4) is 0 Å². The normalized spacial score (nSPS) is 19.4. The Morgan fingerprint density at radius 1 is 1.43 bits per heavy atom. The summed E-state index contributed by atoms with van der Waals surface area (Å²) in [5.41, 5.74) is 0. The van der Waals surface area contributed by atoms with E-state index in [9.17, 15) is 0 Å². The molecule has 1 aliphatic heterocycles. The third-order valence-corrected chi connectivity index (χ3v) is 3.83. The van der Waals surface area contributed by atoms with E-state index in [0.717, 1.165) is 44.4 Å². The zero-order valence-corrected chi connectivity index (χ0v) is 14.5. The zero-order chi connectivity index (χ0) is 16.5. The van der Waals surface area contributed by atoms with Crippen LogP contribution in [0.4, 0.5) is 0 Å². The molecule has 2 rings (SSSR count). The maximum Gasteiger partial charge on any atom is 0.193 e. The van der Waals surface area contributed by atoms with Crippen LogP contribution in [0.1, 0.15) is 20.3 Å². The van der Waals surface area contributed by atoms with E-state index in [1.165, 1.54) is 0 Å². The van der Waals surface area contributed by atoms with Gasteiger partial charge >= 0.3 is 0 Å². The molecule has 2 unspecified atom stereocenters. The highest BCUT2D eigenvalue weighted by Crippen LogP contribution is 2.13. The average Bonchev–Trinajstić information content (AvgIpc) is 3.05. The average molecular weight is 319 g/mol. The highest BCUT2D eigenvalue weighted by atomic mass is 16.5. The first-order chi connectivity index (χ1) is 11.2. The van der Waals surface area contributed by atoms with Crippen LogP contribution in [0, 0.1) is 5.92 Å². The first-order valence-electron chi connectivity index (χ1n) is 8.48. The van der Waals surface area contributed by atoms with Gasteiger partial charge in [0, 0.05) is 32.7 Å². The summed E-state index contributed by atoms with van der Waals surface area (Å²) in [6, 6.07) is 9.88. The Labute approximate surface area is 139 Å². The fourth-order valence-corrected chi connectivity index (χ4v) is 2.65. The second-order valence-electron chi connectivity index (χ2n) is 6.05. The van der Waals surface area contributed by atoms with Gasteiger partial charge in [0.05, 0.1) is 13.2 Å². The second-order valence-corrected chi connectivity index (χ2v) is 6.05. The van der Waals surface area contributed by atoms with Gasteiger partial charge in [0.1, 0.15) is 11.9 Å². The molecule has 0 aromatic heterocycles. The molecule has 2 atom stereocenters. The van der Waals surface area contributed by atoms with E-state index in [0.29, 0.717) is 12.5 Å². The van der Waals surface area contributed by atoms with E-state index in [4.69, 9.17) is 14.5 Å². The van der Waals surface area contributed by atoms with Crippen LogP contribution in [-0.4, -0.2) is 56.9 Å². The number of hydrogen-bond donors (Lipinski definition) is 1. The minimum Gasteiger partial charge on any atom is -0.489 e. The lowest BCUT2D eigenvalue weighted by atomic mass is 10.1. The van der Waals surface area contributed by atoms with Gasteiger partial charge in [-0.15, -0.1) is 0 Å². The quantitative estimate of drug-likeness (QED) is 0.619. The van der Waals surface area contributed by atoms with Crippen molar-refractivity contribution in [3.05, 3.63) is 30.3 Å². The molecular weight excluding hydrogens is 290 g/mol. The lowest BCUT2D eigenvalue weighted by Gasteiger charge is -2.25. The Morgan fingerprint density at radius 2 is 2.22 bits per heavy atom. The summed E-state index contributed by atoms with van der Waals surface area (Å²) in [6.07, 6.45) is 1.17. The molecule has 1 aliphatic rings. The third kappa shape index (κ3) is 6.10. The monoisotopic (exact) mass is 319 g/mol. The first kappa shape index (κ1) is 17.6. The smallest absolute Gasteiger partial charge is 0.193 e. The number of rotatable bonds is 7. The number of para-hydroxylation sites is 1. The SMILES string of the molecule is CCNC(=NCC(C)Oc1ccccc1)N(C)CC1CCOC1. The molecule has 1 N–H and O–H groups in total. The van der Waals surface area contributed by atoms with Gasteiger partial charge in [-0.05, 0) is 32.4 Å². The molecule has 1 saturated heterocycles. The Morgan fingerprint density at radius 3 is 2.87 bits per heavy atom. The molecule has 0 aliphatic carbocycles. The van der Waals surface area contributed by atoms with E-state index in [1.807, 2.05) is 37.3 Å². The summed E-state index contributed by atoms with van der Waals surface area (Å²) < 4.78 is 11.3. The van der Waals surface area contributed by atoms with Crippen molar-refractivity contribution in [1.29, 1.82) is 0 Å². The number of aliphatic imine (C=N–C) groups is 1. The van der Waals surface area contributed by atoms with Crippen molar-refractivity contribution < 1.29 is 9.47 Å². The van der Waals surface area contributed by atoms with Crippen molar-refractivity contribution in [3.8, 4) is 5.75 Å². The van der Waals surface area contributed by atoms with Crippen LogP contribution in [0.15, 0.2) is 35.3 Å². The lowest BCUT2D eigenvalue weighted by Crippen LogP contribution is -2.42. The molecule has 23 heavy (non-hydrogen) atoms. The van der Waals surface area contributed by atoms with Crippen LogP contribution < -0.4 is 10.1 Å². The fourth-order valence-electron chi connectivity index (χ4n) is 2.65. The van der Waals surface area contributed by atoms with Gasteiger partial charge in [-0.1, -0.05) is 18.2 Å². The molecule has 0 spiro atoms. The molecule has 5 heteroatoms. The van der Waals surface area contributed by atoms with Gasteiger partial charge in [0.15, 0.2) is 5.96 Å². The standard InChI is InChI=1S/C18H29N3O2/c1-4-19-18(21(3)13-16-10-11-22-14-16)20-12-15(2)23-17-8-6-5-7-9-17/h5-9,15-16H,4,10-14H2,1-3H3,(H,19,20). The second kappa shape index (κ2) is 9.40. The van der Waals surface area contributed by atoms with Crippen molar-refractivity contribution in [2.75, 3.05) is 39.9 Å². The molecule has 0 saturated carbocycles. The number of benzene rings is 1. The minimum atomic E-state index is 0.0364. The summed E-state index contributed by atoms with van der Waals surface area (Å²) >= 11 is 0.